The fraction of sp³-hybridized carbons (Fsp3) is 0.737. The van der Waals surface area contributed by atoms with E-state index in [0.717, 1.165) is 63.4 Å². The Hall–Kier alpha value is -0.950. The zero-order chi connectivity index (χ0) is 17.4. The monoisotopic (exact) mass is 364 g/mol. The third-order valence-electron chi connectivity index (χ3n) is 6.32. The van der Waals surface area contributed by atoms with E-state index < -0.39 is 0 Å². The maximum absolute atomic E-state index is 12.7. The van der Waals surface area contributed by atoms with Crippen LogP contribution in [0.4, 0.5) is 0 Å². The second-order valence-corrected chi connectivity index (χ2v) is 8.81. The molecule has 0 aliphatic carbocycles. The van der Waals surface area contributed by atoms with Crippen molar-refractivity contribution < 1.29 is 14.3 Å². The van der Waals surface area contributed by atoms with Gasteiger partial charge in [0.15, 0.2) is 0 Å². The van der Waals surface area contributed by atoms with E-state index in [2.05, 4.69) is 11.8 Å². The molecule has 5 nitrogen and oxygen atoms in total. The molecule has 0 radical (unpaired) electrons. The number of aryl methyl sites for hydroxylation is 1. The molecule has 0 N–H and O–H groups in total. The largest absolute Gasteiger partial charge is 0.381 e. The number of likely N-dealkylation sites (tertiary alicyclic amines) is 2. The van der Waals surface area contributed by atoms with Gasteiger partial charge in [0, 0.05) is 50.9 Å². The molecule has 0 aromatic carbocycles. The Bertz CT molecular complexity index is 618. The van der Waals surface area contributed by atoms with Crippen molar-refractivity contribution in [3.63, 3.8) is 0 Å². The first-order valence-corrected chi connectivity index (χ1v) is 10.2. The van der Waals surface area contributed by atoms with Gasteiger partial charge in [0.2, 0.25) is 0 Å². The van der Waals surface area contributed by atoms with Crippen molar-refractivity contribution in [2.45, 2.75) is 50.3 Å². The summed E-state index contributed by atoms with van der Waals surface area (Å²) in [5.41, 5.74) is 0.175. The number of methoxy groups -OCH3 is 1. The number of carbonyl (C=O) groups excluding carboxylic acids is 1. The number of piperidine rings is 1. The molecule has 0 saturated carbocycles. The molecule has 1 unspecified atom stereocenters. The van der Waals surface area contributed by atoms with E-state index in [9.17, 15) is 4.79 Å². The Morgan fingerprint density at radius 1 is 1.28 bits per heavy atom. The molecule has 3 aliphatic rings. The van der Waals surface area contributed by atoms with Gasteiger partial charge in [0.05, 0.1) is 16.5 Å². The fourth-order valence-corrected chi connectivity index (χ4v) is 5.66. The van der Waals surface area contributed by atoms with Crippen LogP contribution in [-0.2, 0) is 9.47 Å². The van der Waals surface area contributed by atoms with Gasteiger partial charge in [-0.1, -0.05) is 0 Å². The van der Waals surface area contributed by atoms with Crippen LogP contribution in [0.3, 0.4) is 0 Å². The van der Waals surface area contributed by atoms with E-state index in [1.54, 1.807) is 11.3 Å². The van der Waals surface area contributed by atoms with Crippen molar-refractivity contribution in [1.82, 2.24) is 9.80 Å². The molecule has 1 atom stereocenters. The molecule has 4 rings (SSSR count). The van der Waals surface area contributed by atoms with E-state index in [1.165, 1.54) is 4.88 Å². The molecule has 0 bridgehead atoms. The van der Waals surface area contributed by atoms with E-state index in [-0.39, 0.29) is 11.4 Å². The molecule has 138 valence electrons. The Labute approximate surface area is 153 Å². The van der Waals surface area contributed by atoms with Gasteiger partial charge < -0.3 is 14.4 Å². The quantitative estimate of drug-likeness (QED) is 0.827. The topological polar surface area (TPSA) is 42.0 Å². The lowest BCUT2D eigenvalue weighted by Gasteiger charge is -2.63. The summed E-state index contributed by atoms with van der Waals surface area (Å²) < 4.78 is 11.4. The first-order chi connectivity index (χ1) is 12.1. The van der Waals surface area contributed by atoms with Crippen LogP contribution in [0.5, 0.6) is 0 Å². The van der Waals surface area contributed by atoms with Gasteiger partial charge in [-0.05, 0) is 44.7 Å². The highest BCUT2D eigenvalue weighted by Gasteiger charge is 2.56. The number of amides is 1. The molecule has 1 spiro atoms. The van der Waals surface area contributed by atoms with Crippen LogP contribution in [0.15, 0.2) is 12.1 Å². The summed E-state index contributed by atoms with van der Waals surface area (Å²) in [5, 5.41) is 0. The van der Waals surface area contributed by atoms with E-state index in [4.69, 9.17) is 9.47 Å². The number of ether oxygens (including phenoxy) is 2. The van der Waals surface area contributed by atoms with Crippen LogP contribution in [0, 0.1) is 6.92 Å². The normalized spacial score (nSPS) is 27.4. The van der Waals surface area contributed by atoms with Crippen LogP contribution < -0.4 is 0 Å². The van der Waals surface area contributed by atoms with E-state index in [0.29, 0.717) is 12.1 Å². The highest BCUT2D eigenvalue weighted by atomic mass is 32.1. The molecule has 1 aromatic rings. The summed E-state index contributed by atoms with van der Waals surface area (Å²) in [7, 11) is 1.84. The molecule has 1 aromatic heterocycles. The highest BCUT2D eigenvalue weighted by Crippen LogP contribution is 2.44. The van der Waals surface area contributed by atoms with Crippen LogP contribution >= 0.6 is 11.3 Å². The maximum Gasteiger partial charge on any atom is 0.263 e. The third kappa shape index (κ3) is 3.03. The van der Waals surface area contributed by atoms with Gasteiger partial charge in [0.1, 0.15) is 0 Å². The van der Waals surface area contributed by atoms with Gasteiger partial charge in [-0.25, -0.2) is 0 Å². The summed E-state index contributed by atoms with van der Waals surface area (Å²) in [6.45, 7) is 6.48. The van der Waals surface area contributed by atoms with E-state index in [1.807, 2.05) is 24.1 Å². The van der Waals surface area contributed by atoms with Crippen molar-refractivity contribution >= 4 is 17.2 Å². The highest BCUT2D eigenvalue weighted by molar-refractivity contribution is 7.13. The zero-order valence-corrected chi connectivity index (χ0v) is 16.0. The lowest BCUT2D eigenvalue weighted by molar-refractivity contribution is -0.207. The smallest absolute Gasteiger partial charge is 0.263 e. The number of carbonyl (C=O) groups is 1. The number of hydrogen-bond donors (Lipinski definition) is 0. The minimum Gasteiger partial charge on any atom is -0.381 e. The third-order valence-corrected chi connectivity index (χ3v) is 7.31. The second kappa shape index (κ2) is 6.99. The van der Waals surface area contributed by atoms with Crippen molar-refractivity contribution in [2.75, 3.05) is 40.0 Å². The minimum atomic E-state index is 0.175. The lowest BCUT2D eigenvalue weighted by Crippen LogP contribution is -2.75. The van der Waals surface area contributed by atoms with Crippen LogP contribution in [0.2, 0.25) is 0 Å². The van der Waals surface area contributed by atoms with Crippen LogP contribution in [0.25, 0.3) is 0 Å². The lowest BCUT2D eigenvalue weighted by atomic mass is 9.73. The summed E-state index contributed by atoms with van der Waals surface area (Å²) in [6.07, 6.45) is 4.60. The molecule has 3 fully saturated rings. The first kappa shape index (κ1) is 17.5. The van der Waals surface area contributed by atoms with Gasteiger partial charge in [-0.2, -0.15) is 0 Å². The first-order valence-electron chi connectivity index (χ1n) is 9.37. The summed E-state index contributed by atoms with van der Waals surface area (Å²) in [6, 6.07) is 4.56. The minimum absolute atomic E-state index is 0.175. The molecule has 3 saturated heterocycles. The predicted molar refractivity (Wildman–Crippen MR) is 98.3 cm³/mol. The molecule has 3 aliphatic heterocycles. The van der Waals surface area contributed by atoms with Crippen LogP contribution in [-0.4, -0.2) is 73.3 Å². The van der Waals surface area contributed by atoms with Crippen LogP contribution in [0.1, 0.15) is 40.2 Å². The van der Waals surface area contributed by atoms with Crippen molar-refractivity contribution in [2.24, 2.45) is 0 Å². The van der Waals surface area contributed by atoms with Crippen molar-refractivity contribution in [1.29, 1.82) is 0 Å². The van der Waals surface area contributed by atoms with E-state index >= 15 is 0 Å². The molecule has 6 heteroatoms. The predicted octanol–water partition coefficient (Wildman–Crippen LogP) is 2.54. The molecule has 1 amide bonds. The summed E-state index contributed by atoms with van der Waals surface area (Å²) in [4.78, 5) is 19.4. The Morgan fingerprint density at radius 2 is 2.00 bits per heavy atom. The molecule has 4 heterocycles. The summed E-state index contributed by atoms with van der Waals surface area (Å²) in [5.74, 6) is 0.204. The molecular weight excluding hydrogens is 336 g/mol. The standard InChI is InChI=1S/C19H28N2O3S/c1-14-3-4-16(25-14)18(22)20-9-5-15(6-10-20)21-13-17(23-2)19(21)7-11-24-12-8-19/h3-4,15,17H,5-13H2,1-2H3. The van der Waals surface area contributed by atoms with Gasteiger partial charge in [-0.3, -0.25) is 9.69 Å². The van der Waals surface area contributed by atoms with Crippen molar-refractivity contribution in [3.8, 4) is 0 Å². The SMILES string of the molecule is COC1CN(C2CCN(C(=O)c3ccc(C)s3)CC2)C12CCOCC2. The average molecular weight is 365 g/mol. The second-order valence-electron chi connectivity index (χ2n) is 7.53. The molecular formula is C19H28N2O3S. The average Bonchev–Trinajstić information content (AvgIpc) is 3.08. The number of hydrogen-bond acceptors (Lipinski definition) is 5. The summed E-state index contributed by atoms with van der Waals surface area (Å²) >= 11 is 1.60. The molecule has 25 heavy (non-hydrogen) atoms. The van der Waals surface area contributed by atoms with Gasteiger partial charge in [0.25, 0.3) is 5.91 Å². The Kier molecular flexibility index (Phi) is 4.88. The Balaban J connectivity index is 1.38. The van der Waals surface area contributed by atoms with Gasteiger partial charge in [-0.15, -0.1) is 11.3 Å². The zero-order valence-electron chi connectivity index (χ0n) is 15.2. The van der Waals surface area contributed by atoms with Crippen molar-refractivity contribution in [3.05, 3.63) is 21.9 Å². The van der Waals surface area contributed by atoms with Gasteiger partial charge >= 0.3 is 0 Å². The fourth-order valence-electron chi connectivity index (χ4n) is 4.83. The number of rotatable bonds is 3. The number of nitrogens with zero attached hydrogens (tertiary/aromatic N) is 2. The number of thiophene rings is 1. The maximum atomic E-state index is 12.7. The Morgan fingerprint density at radius 3 is 2.60 bits per heavy atom.